The Morgan fingerprint density at radius 3 is 2.86 bits per heavy atom. The van der Waals surface area contributed by atoms with Gasteiger partial charge in [0.15, 0.2) is 9.84 Å². The van der Waals surface area contributed by atoms with E-state index in [2.05, 4.69) is 5.10 Å². The fourth-order valence-electron chi connectivity index (χ4n) is 2.66. The first-order chi connectivity index (χ1) is 9.81. The van der Waals surface area contributed by atoms with Crippen LogP contribution in [0.1, 0.15) is 24.1 Å². The zero-order valence-corrected chi connectivity index (χ0v) is 13.4. The van der Waals surface area contributed by atoms with Gasteiger partial charge in [-0.05, 0) is 6.92 Å². The van der Waals surface area contributed by atoms with Crippen LogP contribution in [0.3, 0.4) is 0 Å². The monoisotopic (exact) mass is 315 g/mol. The summed E-state index contributed by atoms with van der Waals surface area (Å²) < 4.78 is 29.9. The average Bonchev–Trinajstić information content (AvgIpc) is 2.76. The smallest absolute Gasteiger partial charge is 0.238 e. The van der Waals surface area contributed by atoms with Crippen LogP contribution in [0.5, 0.6) is 0 Å². The van der Waals surface area contributed by atoms with Gasteiger partial charge >= 0.3 is 0 Å². The lowest BCUT2D eigenvalue weighted by molar-refractivity contribution is -0.130. The van der Waals surface area contributed by atoms with Gasteiger partial charge in [-0.15, -0.1) is 0 Å². The van der Waals surface area contributed by atoms with E-state index in [4.69, 9.17) is 4.74 Å². The number of carbonyl (C=O) groups excluding carboxylic acids is 1. The molecule has 1 aromatic heterocycles. The molecule has 0 bridgehead atoms. The van der Waals surface area contributed by atoms with Crippen LogP contribution in [-0.4, -0.2) is 60.8 Å². The van der Waals surface area contributed by atoms with Gasteiger partial charge in [0.05, 0.1) is 18.5 Å². The number of aryl methyl sites for hydroxylation is 1. The number of ether oxygens (including phenoxy) is 1. The average molecular weight is 315 g/mol. The Hall–Kier alpha value is -1.41. The lowest BCUT2D eigenvalue weighted by Gasteiger charge is -2.33. The Bertz CT molecular complexity index is 623. The maximum absolute atomic E-state index is 12.1. The predicted octanol–water partition coefficient (Wildman–Crippen LogP) is -0.0730. The molecule has 21 heavy (non-hydrogen) atoms. The second kappa shape index (κ2) is 6.15. The fourth-order valence-corrected chi connectivity index (χ4v) is 3.29. The molecule has 118 valence electrons. The van der Waals surface area contributed by atoms with Gasteiger partial charge in [0.1, 0.15) is 5.75 Å². The van der Waals surface area contributed by atoms with Gasteiger partial charge in [-0.2, -0.15) is 5.10 Å². The minimum Gasteiger partial charge on any atom is -0.381 e. The van der Waals surface area contributed by atoms with Crippen LogP contribution in [0.25, 0.3) is 0 Å². The normalized spacial score (nSPS) is 18.6. The quantitative estimate of drug-likeness (QED) is 0.759. The van der Waals surface area contributed by atoms with E-state index in [1.165, 1.54) is 0 Å². The zero-order valence-electron chi connectivity index (χ0n) is 12.6. The van der Waals surface area contributed by atoms with Crippen molar-refractivity contribution in [3.8, 4) is 0 Å². The molecule has 0 spiro atoms. The topological polar surface area (TPSA) is 81.5 Å². The molecule has 0 aliphatic carbocycles. The van der Waals surface area contributed by atoms with E-state index in [0.717, 1.165) is 17.5 Å². The summed E-state index contributed by atoms with van der Waals surface area (Å²) in [6, 6.07) is 0. The molecule has 1 aromatic rings. The van der Waals surface area contributed by atoms with Crippen LogP contribution in [0, 0.1) is 0 Å². The summed E-state index contributed by atoms with van der Waals surface area (Å²) in [5.41, 5.74) is 2.02. The van der Waals surface area contributed by atoms with Gasteiger partial charge in [-0.1, -0.05) is 0 Å². The second-order valence-corrected chi connectivity index (χ2v) is 7.52. The van der Waals surface area contributed by atoms with Crippen LogP contribution >= 0.6 is 0 Å². The molecule has 2 heterocycles. The highest BCUT2D eigenvalue weighted by atomic mass is 32.2. The lowest BCUT2D eigenvalue weighted by atomic mass is 9.97. The predicted molar refractivity (Wildman–Crippen MR) is 77.6 cm³/mol. The standard InChI is InChI=1S/C13H21N3O4S/c1-4-20-8-11-7-16(12(17)9-21(3,18)19)6-10-5-14-15(2)13(10)11/h5,11H,4,6-9H2,1-3H3/t11-/m0/s1. The van der Waals surface area contributed by atoms with Crippen LogP contribution in [-0.2, 0) is 33.0 Å². The van der Waals surface area contributed by atoms with Gasteiger partial charge in [-0.3, -0.25) is 9.48 Å². The van der Waals surface area contributed by atoms with Crippen molar-refractivity contribution in [3.05, 3.63) is 17.5 Å². The molecular weight excluding hydrogens is 294 g/mol. The number of nitrogens with zero attached hydrogens (tertiary/aromatic N) is 3. The number of amides is 1. The second-order valence-electron chi connectivity index (χ2n) is 5.38. The highest BCUT2D eigenvalue weighted by Crippen LogP contribution is 2.28. The van der Waals surface area contributed by atoms with Crippen molar-refractivity contribution < 1.29 is 17.9 Å². The molecule has 1 atom stereocenters. The van der Waals surface area contributed by atoms with Gasteiger partial charge in [-0.25, -0.2) is 8.42 Å². The summed E-state index contributed by atoms with van der Waals surface area (Å²) in [4.78, 5) is 13.7. The van der Waals surface area contributed by atoms with E-state index in [0.29, 0.717) is 26.3 Å². The van der Waals surface area contributed by atoms with E-state index < -0.39 is 15.6 Å². The van der Waals surface area contributed by atoms with E-state index in [-0.39, 0.29) is 11.8 Å². The lowest BCUT2D eigenvalue weighted by Crippen LogP contribution is -2.42. The van der Waals surface area contributed by atoms with Crippen molar-refractivity contribution >= 4 is 15.7 Å². The Morgan fingerprint density at radius 1 is 1.52 bits per heavy atom. The van der Waals surface area contributed by atoms with Crippen LogP contribution in [0.4, 0.5) is 0 Å². The van der Waals surface area contributed by atoms with E-state index in [9.17, 15) is 13.2 Å². The minimum absolute atomic E-state index is 0.0183. The van der Waals surface area contributed by atoms with Crippen molar-refractivity contribution in [1.29, 1.82) is 0 Å². The Balaban J connectivity index is 2.20. The van der Waals surface area contributed by atoms with Crippen molar-refractivity contribution in [2.45, 2.75) is 19.4 Å². The molecule has 1 aliphatic heterocycles. The number of sulfone groups is 1. The summed E-state index contributed by atoms with van der Waals surface area (Å²) in [5, 5.41) is 4.23. The third-order valence-corrected chi connectivity index (χ3v) is 4.29. The fraction of sp³-hybridized carbons (Fsp3) is 0.692. The molecule has 7 nitrogen and oxygen atoms in total. The molecule has 1 aliphatic rings. The first-order valence-electron chi connectivity index (χ1n) is 6.85. The van der Waals surface area contributed by atoms with Crippen LogP contribution < -0.4 is 0 Å². The molecule has 0 saturated heterocycles. The maximum atomic E-state index is 12.1. The van der Waals surface area contributed by atoms with Crippen molar-refractivity contribution in [3.63, 3.8) is 0 Å². The number of aromatic nitrogens is 2. The molecule has 0 radical (unpaired) electrons. The molecular formula is C13H21N3O4S. The van der Waals surface area contributed by atoms with E-state index >= 15 is 0 Å². The molecule has 0 N–H and O–H groups in total. The highest BCUT2D eigenvalue weighted by Gasteiger charge is 2.32. The third kappa shape index (κ3) is 3.82. The van der Waals surface area contributed by atoms with Crippen LogP contribution in [0.15, 0.2) is 6.20 Å². The number of fused-ring (bicyclic) bond motifs is 1. The van der Waals surface area contributed by atoms with Gasteiger partial charge in [0.25, 0.3) is 0 Å². The summed E-state index contributed by atoms with van der Waals surface area (Å²) >= 11 is 0. The molecule has 0 saturated carbocycles. The highest BCUT2D eigenvalue weighted by molar-refractivity contribution is 7.91. The molecule has 0 fully saturated rings. The zero-order chi connectivity index (χ0) is 15.6. The maximum Gasteiger partial charge on any atom is 0.238 e. The number of hydrogen-bond donors (Lipinski definition) is 0. The SMILES string of the molecule is CCOC[C@@H]1CN(C(=O)CS(C)(=O)=O)Cc2cnn(C)c21. The number of rotatable bonds is 5. The molecule has 0 unspecified atom stereocenters. The van der Waals surface area contributed by atoms with E-state index in [1.54, 1.807) is 15.8 Å². The number of carbonyl (C=O) groups is 1. The molecule has 1 amide bonds. The first kappa shape index (κ1) is 16.0. The van der Waals surface area contributed by atoms with Crippen molar-refractivity contribution in [2.24, 2.45) is 7.05 Å². The molecule has 2 rings (SSSR count). The third-order valence-electron chi connectivity index (χ3n) is 3.51. The summed E-state index contributed by atoms with van der Waals surface area (Å²) in [5.74, 6) is -0.803. The van der Waals surface area contributed by atoms with Crippen molar-refractivity contribution in [2.75, 3.05) is 31.8 Å². The van der Waals surface area contributed by atoms with Gasteiger partial charge < -0.3 is 9.64 Å². The summed E-state index contributed by atoms with van der Waals surface area (Å²) in [7, 11) is -1.46. The molecule has 0 aromatic carbocycles. The summed E-state index contributed by atoms with van der Waals surface area (Å²) in [6.07, 6.45) is 2.80. The minimum atomic E-state index is -3.32. The Morgan fingerprint density at radius 2 is 2.24 bits per heavy atom. The largest absolute Gasteiger partial charge is 0.381 e. The molecule has 8 heteroatoms. The van der Waals surface area contributed by atoms with Crippen molar-refractivity contribution in [1.82, 2.24) is 14.7 Å². The Kier molecular flexibility index (Phi) is 4.67. The number of hydrogen-bond acceptors (Lipinski definition) is 5. The van der Waals surface area contributed by atoms with E-state index in [1.807, 2.05) is 14.0 Å². The van der Waals surface area contributed by atoms with Gasteiger partial charge in [0.2, 0.25) is 5.91 Å². The van der Waals surface area contributed by atoms with Crippen LogP contribution in [0.2, 0.25) is 0 Å². The Labute approximate surface area is 124 Å². The summed E-state index contributed by atoms with van der Waals surface area (Å²) in [6.45, 7) is 3.87. The van der Waals surface area contributed by atoms with Gasteiger partial charge in [0, 0.05) is 44.5 Å². The first-order valence-corrected chi connectivity index (χ1v) is 8.92.